The number of sulfone groups is 1. The summed E-state index contributed by atoms with van der Waals surface area (Å²) in [6.07, 6.45) is 0.966. The molecule has 0 N–H and O–H groups in total. The normalized spacial score (nSPS) is 24.5. The molecule has 8 heteroatoms. The van der Waals surface area contributed by atoms with E-state index in [0.29, 0.717) is 18.0 Å². The summed E-state index contributed by atoms with van der Waals surface area (Å²) in [7, 11) is -3.07. The maximum Gasteiger partial charge on any atom is 0.248 e. The van der Waals surface area contributed by atoms with Crippen LogP contribution in [0.25, 0.3) is 0 Å². The summed E-state index contributed by atoms with van der Waals surface area (Å²) in [6.45, 7) is 0. The number of halogens is 1. The van der Waals surface area contributed by atoms with Crippen molar-refractivity contribution in [1.29, 1.82) is 0 Å². The van der Waals surface area contributed by atoms with Gasteiger partial charge >= 0.3 is 0 Å². The Labute approximate surface area is 177 Å². The van der Waals surface area contributed by atoms with Crippen LogP contribution in [0, 0.1) is 0 Å². The van der Waals surface area contributed by atoms with Crippen molar-refractivity contribution in [2.75, 3.05) is 16.4 Å². The first-order valence-corrected chi connectivity index (χ1v) is 12.5. The number of hydrogen-bond acceptors (Lipinski definition) is 4. The summed E-state index contributed by atoms with van der Waals surface area (Å²) in [5.41, 5.74) is 1.95. The Hall–Kier alpha value is -1.64. The number of amides is 1. The van der Waals surface area contributed by atoms with Crippen LogP contribution in [0.1, 0.15) is 12.0 Å². The molecule has 0 aromatic heterocycles. The van der Waals surface area contributed by atoms with E-state index >= 15 is 0 Å². The number of aliphatic imine (C=N–C) groups is 1. The third-order valence-corrected chi connectivity index (χ3v) is 8.55. The van der Waals surface area contributed by atoms with Crippen molar-refractivity contribution in [2.45, 2.75) is 24.1 Å². The maximum atomic E-state index is 12.5. The molecule has 2 unspecified atom stereocenters. The lowest BCUT2D eigenvalue weighted by molar-refractivity contribution is -0.117. The molecule has 0 aliphatic carbocycles. The largest absolute Gasteiger partial charge is 0.316 e. The molecule has 2 aliphatic rings. The lowest BCUT2D eigenvalue weighted by atomic mass is 10.1. The van der Waals surface area contributed by atoms with E-state index in [-0.39, 0.29) is 28.7 Å². The zero-order valence-corrected chi connectivity index (χ0v) is 18.2. The zero-order chi connectivity index (χ0) is 19.7. The second kappa shape index (κ2) is 8.00. The van der Waals surface area contributed by atoms with Crippen LogP contribution in [-0.4, -0.2) is 42.3 Å². The highest BCUT2D eigenvalue weighted by Crippen LogP contribution is 2.41. The van der Waals surface area contributed by atoms with Gasteiger partial charge in [0.15, 0.2) is 15.0 Å². The Morgan fingerprint density at radius 2 is 1.93 bits per heavy atom. The van der Waals surface area contributed by atoms with Gasteiger partial charge in [-0.2, -0.15) is 4.99 Å². The lowest BCUT2D eigenvalue weighted by Gasteiger charge is -2.24. The first-order valence-electron chi connectivity index (χ1n) is 8.99. The van der Waals surface area contributed by atoms with E-state index in [2.05, 4.69) is 20.9 Å². The number of carbonyl (C=O) groups excluding carboxylic acids is 1. The summed E-state index contributed by atoms with van der Waals surface area (Å²) in [5.74, 6) is 0.0348. The minimum Gasteiger partial charge on any atom is -0.316 e. The highest BCUT2D eigenvalue weighted by atomic mass is 79.9. The highest BCUT2D eigenvalue weighted by molar-refractivity contribution is 9.10. The summed E-state index contributed by atoms with van der Waals surface area (Å²) in [4.78, 5) is 18.8. The lowest BCUT2D eigenvalue weighted by Crippen LogP contribution is -2.37. The molecule has 2 aromatic rings. The third kappa shape index (κ3) is 4.34. The van der Waals surface area contributed by atoms with E-state index in [1.165, 1.54) is 11.8 Å². The predicted octanol–water partition coefficient (Wildman–Crippen LogP) is 3.68. The van der Waals surface area contributed by atoms with Crippen LogP contribution in [0.3, 0.4) is 0 Å². The molecule has 0 saturated carbocycles. The van der Waals surface area contributed by atoms with Crippen LogP contribution >= 0.6 is 27.7 Å². The van der Waals surface area contributed by atoms with E-state index < -0.39 is 9.84 Å². The molecule has 0 bridgehead atoms. The maximum absolute atomic E-state index is 12.5. The topological polar surface area (TPSA) is 66.8 Å². The number of benzene rings is 2. The van der Waals surface area contributed by atoms with Crippen molar-refractivity contribution in [3.63, 3.8) is 0 Å². The van der Waals surface area contributed by atoms with Gasteiger partial charge in [-0.25, -0.2) is 8.42 Å². The van der Waals surface area contributed by atoms with Gasteiger partial charge in [-0.15, -0.1) is 0 Å². The van der Waals surface area contributed by atoms with Crippen molar-refractivity contribution < 1.29 is 13.2 Å². The van der Waals surface area contributed by atoms with Crippen molar-refractivity contribution in [3.05, 3.63) is 64.6 Å². The first-order chi connectivity index (χ1) is 13.4. The molecular formula is C20H19BrN2O3S2. The molecule has 2 atom stereocenters. The molecule has 1 amide bonds. The van der Waals surface area contributed by atoms with E-state index in [4.69, 9.17) is 0 Å². The average Bonchev–Trinajstić information content (AvgIpc) is 3.11. The number of fused-ring (bicyclic) bond motifs is 1. The fourth-order valence-electron chi connectivity index (χ4n) is 3.55. The minimum atomic E-state index is -3.07. The number of nitrogens with zero attached hydrogens (tertiary/aromatic N) is 2. The molecule has 5 nitrogen and oxygen atoms in total. The number of amidine groups is 1. The van der Waals surface area contributed by atoms with Gasteiger partial charge in [-0.1, -0.05) is 64.1 Å². The standard InChI is InChI=1S/C20H19BrN2O3S2/c21-15-7-4-8-16(11-15)23-17-12-28(25,26)13-18(17)27-20(23)22-19(24)10-9-14-5-2-1-3-6-14/h1-8,11,17-18H,9-10,12-13H2. The second-order valence-corrected chi connectivity index (χ2v) is 11.2. The van der Waals surface area contributed by atoms with Crippen LogP contribution in [0.2, 0.25) is 0 Å². The van der Waals surface area contributed by atoms with Crippen LogP contribution in [0.5, 0.6) is 0 Å². The molecule has 0 spiro atoms. The fraction of sp³-hybridized carbons (Fsp3) is 0.300. The van der Waals surface area contributed by atoms with Gasteiger partial charge in [0.25, 0.3) is 0 Å². The van der Waals surface area contributed by atoms with Gasteiger partial charge in [-0.05, 0) is 30.2 Å². The molecule has 146 valence electrons. The smallest absolute Gasteiger partial charge is 0.248 e. The van der Waals surface area contributed by atoms with Gasteiger partial charge in [0.1, 0.15) is 0 Å². The van der Waals surface area contributed by atoms with Gasteiger partial charge < -0.3 is 4.90 Å². The SMILES string of the molecule is O=C(CCc1ccccc1)N=C1SC2CS(=O)(=O)CC2N1c1cccc(Br)c1. The van der Waals surface area contributed by atoms with Crippen molar-refractivity contribution >= 4 is 54.3 Å². The third-order valence-electron chi connectivity index (χ3n) is 4.84. The summed E-state index contributed by atoms with van der Waals surface area (Å²) in [5, 5.41) is 0.505. The fourth-order valence-corrected chi connectivity index (χ4v) is 7.87. The Morgan fingerprint density at radius 3 is 2.68 bits per heavy atom. The number of thioether (sulfide) groups is 1. The van der Waals surface area contributed by atoms with Crippen molar-refractivity contribution in [3.8, 4) is 0 Å². The number of aryl methyl sites for hydroxylation is 1. The predicted molar refractivity (Wildman–Crippen MR) is 118 cm³/mol. The molecule has 2 saturated heterocycles. The quantitative estimate of drug-likeness (QED) is 0.670. The summed E-state index contributed by atoms with van der Waals surface area (Å²) in [6, 6.07) is 17.3. The van der Waals surface area contributed by atoms with E-state index in [9.17, 15) is 13.2 Å². The van der Waals surface area contributed by atoms with Crippen molar-refractivity contribution in [1.82, 2.24) is 0 Å². The Bertz CT molecular complexity index is 1020. The molecule has 2 fully saturated rings. The minimum absolute atomic E-state index is 0.0917. The Kier molecular flexibility index (Phi) is 5.62. The Morgan fingerprint density at radius 1 is 1.14 bits per heavy atom. The van der Waals surface area contributed by atoms with Crippen LogP contribution in [-0.2, 0) is 21.1 Å². The van der Waals surface area contributed by atoms with E-state index in [1.807, 2.05) is 59.5 Å². The molecule has 2 aliphatic heterocycles. The number of carbonyl (C=O) groups is 1. The van der Waals surface area contributed by atoms with Gasteiger partial charge in [0.2, 0.25) is 5.91 Å². The Balaban J connectivity index is 1.58. The van der Waals surface area contributed by atoms with Gasteiger partial charge in [0.05, 0.1) is 17.5 Å². The van der Waals surface area contributed by atoms with E-state index in [1.54, 1.807) is 0 Å². The number of anilines is 1. The molecule has 28 heavy (non-hydrogen) atoms. The monoisotopic (exact) mass is 478 g/mol. The number of hydrogen-bond donors (Lipinski definition) is 0. The zero-order valence-electron chi connectivity index (χ0n) is 15.0. The summed E-state index contributed by atoms with van der Waals surface area (Å²) >= 11 is 4.87. The van der Waals surface area contributed by atoms with Crippen LogP contribution in [0.15, 0.2) is 64.1 Å². The summed E-state index contributed by atoms with van der Waals surface area (Å²) < 4.78 is 25.1. The van der Waals surface area contributed by atoms with Gasteiger partial charge in [-0.3, -0.25) is 4.79 Å². The second-order valence-electron chi connectivity index (χ2n) is 6.92. The van der Waals surface area contributed by atoms with Crippen molar-refractivity contribution in [2.24, 2.45) is 4.99 Å². The molecule has 0 radical (unpaired) electrons. The van der Waals surface area contributed by atoms with Crippen LogP contribution in [0.4, 0.5) is 5.69 Å². The number of rotatable bonds is 4. The van der Waals surface area contributed by atoms with Crippen LogP contribution < -0.4 is 4.90 Å². The van der Waals surface area contributed by atoms with Gasteiger partial charge in [0, 0.05) is 21.8 Å². The average molecular weight is 479 g/mol. The highest BCUT2D eigenvalue weighted by Gasteiger charge is 2.49. The molecular weight excluding hydrogens is 460 g/mol. The first kappa shape index (κ1) is 19.7. The molecule has 2 aromatic carbocycles. The van der Waals surface area contributed by atoms with E-state index in [0.717, 1.165) is 15.7 Å². The molecule has 4 rings (SSSR count). The molecule has 2 heterocycles.